The lowest BCUT2D eigenvalue weighted by Gasteiger charge is -2.27. The molecule has 0 heterocycles. The second kappa shape index (κ2) is 5.71. The highest BCUT2D eigenvalue weighted by atomic mass is 79.9. The molecule has 4 N–H and O–H groups in total. The van der Waals surface area contributed by atoms with Gasteiger partial charge in [0.1, 0.15) is 0 Å². The number of rotatable bonds is 3. The summed E-state index contributed by atoms with van der Waals surface area (Å²) < 4.78 is 0.908. The Morgan fingerprint density at radius 3 is 2.61 bits per heavy atom. The summed E-state index contributed by atoms with van der Waals surface area (Å²) in [4.78, 5) is 11.4. The molecule has 1 aromatic carbocycles. The first-order valence-corrected chi connectivity index (χ1v) is 6.89. The van der Waals surface area contributed by atoms with Gasteiger partial charge in [-0.3, -0.25) is 4.79 Å². The van der Waals surface area contributed by atoms with Crippen molar-refractivity contribution in [1.29, 1.82) is 0 Å². The number of benzene rings is 1. The fourth-order valence-electron chi connectivity index (χ4n) is 2.29. The fourth-order valence-corrected chi connectivity index (χ4v) is 2.65. The number of aliphatic hydroxyl groups excluding tert-OH is 1. The molecule has 98 valence electrons. The third kappa shape index (κ3) is 3.23. The first kappa shape index (κ1) is 13.4. The zero-order valence-corrected chi connectivity index (χ0v) is 11.6. The Morgan fingerprint density at radius 2 is 2.00 bits per heavy atom. The molecule has 0 radical (unpaired) electrons. The Balaban J connectivity index is 2.12. The largest absolute Gasteiger partial charge is 0.393 e. The maximum atomic E-state index is 11.4. The predicted octanol–water partition coefficient (Wildman–Crippen LogP) is 2.26. The lowest BCUT2D eigenvalue weighted by atomic mass is 9.93. The van der Waals surface area contributed by atoms with E-state index >= 15 is 0 Å². The van der Waals surface area contributed by atoms with E-state index in [1.807, 2.05) is 6.07 Å². The number of halogens is 1. The summed E-state index contributed by atoms with van der Waals surface area (Å²) in [5.74, 6) is -0.430. The molecule has 0 bridgehead atoms. The van der Waals surface area contributed by atoms with E-state index in [0.717, 1.165) is 35.8 Å². The maximum absolute atomic E-state index is 11.4. The van der Waals surface area contributed by atoms with Gasteiger partial charge in [-0.15, -0.1) is 0 Å². The van der Waals surface area contributed by atoms with Crippen LogP contribution in [0.3, 0.4) is 0 Å². The first-order valence-electron chi connectivity index (χ1n) is 6.10. The van der Waals surface area contributed by atoms with E-state index in [9.17, 15) is 9.90 Å². The quantitative estimate of drug-likeness (QED) is 0.801. The second-order valence-electron chi connectivity index (χ2n) is 4.70. The summed E-state index contributed by atoms with van der Waals surface area (Å²) in [5, 5.41) is 12.8. The molecule has 0 spiro atoms. The molecule has 1 saturated carbocycles. The molecule has 5 heteroatoms. The number of carbonyl (C=O) groups excluding carboxylic acids is 1. The van der Waals surface area contributed by atoms with Crippen molar-refractivity contribution in [3.05, 3.63) is 28.2 Å². The first-order chi connectivity index (χ1) is 8.56. The number of primary amides is 1. The van der Waals surface area contributed by atoms with Crippen molar-refractivity contribution in [2.75, 3.05) is 5.32 Å². The summed E-state index contributed by atoms with van der Waals surface area (Å²) in [7, 11) is 0. The van der Waals surface area contributed by atoms with Crippen molar-refractivity contribution < 1.29 is 9.90 Å². The number of amides is 1. The van der Waals surface area contributed by atoms with Crippen LogP contribution in [-0.2, 0) is 0 Å². The molecule has 1 aromatic rings. The van der Waals surface area contributed by atoms with E-state index in [2.05, 4.69) is 21.2 Å². The Bertz CT molecular complexity index is 443. The summed E-state index contributed by atoms with van der Waals surface area (Å²) in [6.07, 6.45) is 3.24. The van der Waals surface area contributed by atoms with Crippen LogP contribution in [0.15, 0.2) is 22.7 Å². The molecule has 2 rings (SSSR count). The van der Waals surface area contributed by atoms with E-state index in [0.29, 0.717) is 11.6 Å². The normalized spacial score (nSPS) is 23.7. The molecule has 18 heavy (non-hydrogen) atoms. The van der Waals surface area contributed by atoms with Crippen molar-refractivity contribution in [3.63, 3.8) is 0 Å². The lowest BCUT2D eigenvalue weighted by molar-refractivity contribution is 0.100. The van der Waals surface area contributed by atoms with Crippen LogP contribution < -0.4 is 11.1 Å². The standard InChI is InChI=1S/C13H17BrN2O2/c14-8-1-6-11(13(15)18)12(7-8)16-9-2-4-10(17)5-3-9/h1,6-7,9-10,16-17H,2-5H2,(H2,15,18). The summed E-state index contributed by atoms with van der Waals surface area (Å²) in [5.41, 5.74) is 6.62. The highest BCUT2D eigenvalue weighted by Gasteiger charge is 2.20. The number of carbonyl (C=O) groups is 1. The van der Waals surface area contributed by atoms with Crippen LogP contribution in [0, 0.1) is 0 Å². The molecule has 0 unspecified atom stereocenters. The molecule has 1 aliphatic rings. The molecule has 4 nitrogen and oxygen atoms in total. The van der Waals surface area contributed by atoms with E-state index < -0.39 is 5.91 Å². The van der Waals surface area contributed by atoms with Gasteiger partial charge in [0.2, 0.25) is 0 Å². The molecular weight excluding hydrogens is 296 g/mol. The molecule has 0 saturated heterocycles. The zero-order valence-electron chi connectivity index (χ0n) is 10.0. The summed E-state index contributed by atoms with van der Waals surface area (Å²) >= 11 is 3.39. The molecule has 0 atom stereocenters. The van der Waals surface area contributed by atoms with Crippen molar-refractivity contribution >= 4 is 27.5 Å². The minimum absolute atomic E-state index is 0.179. The maximum Gasteiger partial charge on any atom is 0.250 e. The predicted molar refractivity (Wildman–Crippen MR) is 74.5 cm³/mol. The van der Waals surface area contributed by atoms with Crippen LogP contribution in [0.4, 0.5) is 5.69 Å². The van der Waals surface area contributed by atoms with E-state index in [4.69, 9.17) is 5.73 Å². The van der Waals surface area contributed by atoms with Gasteiger partial charge in [0, 0.05) is 16.2 Å². The van der Waals surface area contributed by atoms with Crippen LogP contribution >= 0.6 is 15.9 Å². The van der Waals surface area contributed by atoms with Gasteiger partial charge < -0.3 is 16.2 Å². The molecular formula is C13H17BrN2O2. The number of hydrogen-bond donors (Lipinski definition) is 3. The van der Waals surface area contributed by atoms with Crippen LogP contribution in [0.25, 0.3) is 0 Å². The molecule has 1 aliphatic carbocycles. The van der Waals surface area contributed by atoms with Crippen LogP contribution in [0.1, 0.15) is 36.0 Å². The van der Waals surface area contributed by atoms with E-state index in [-0.39, 0.29) is 6.10 Å². The van der Waals surface area contributed by atoms with Crippen LogP contribution in [0.5, 0.6) is 0 Å². The monoisotopic (exact) mass is 312 g/mol. The third-order valence-electron chi connectivity index (χ3n) is 3.30. The fraction of sp³-hybridized carbons (Fsp3) is 0.462. The van der Waals surface area contributed by atoms with Gasteiger partial charge in [-0.2, -0.15) is 0 Å². The minimum Gasteiger partial charge on any atom is -0.393 e. The van der Waals surface area contributed by atoms with Crippen molar-refractivity contribution in [2.24, 2.45) is 5.73 Å². The van der Waals surface area contributed by atoms with Gasteiger partial charge in [0.05, 0.1) is 11.7 Å². The van der Waals surface area contributed by atoms with Crippen molar-refractivity contribution in [3.8, 4) is 0 Å². The van der Waals surface area contributed by atoms with Gasteiger partial charge in [0.25, 0.3) is 5.91 Å². The topological polar surface area (TPSA) is 75.4 Å². The number of hydrogen-bond acceptors (Lipinski definition) is 3. The third-order valence-corrected chi connectivity index (χ3v) is 3.80. The SMILES string of the molecule is NC(=O)c1ccc(Br)cc1NC1CCC(O)CC1. The molecule has 1 amide bonds. The smallest absolute Gasteiger partial charge is 0.250 e. The number of aliphatic hydroxyl groups is 1. The molecule has 1 fully saturated rings. The number of anilines is 1. The zero-order chi connectivity index (χ0) is 13.1. The van der Waals surface area contributed by atoms with E-state index in [1.54, 1.807) is 12.1 Å². The highest BCUT2D eigenvalue weighted by molar-refractivity contribution is 9.10. The van der Waals surface area contributed by atoms with Gasteiger partial charge in [-0.1, -0.05) is 15.9 Å². The summed E-state index contributed by atoms with van der Waals surface area (Å²) in [6.45, 7) is 0. The van der Waals surface area contributed by atoms with Crippen LogP contribution in [0.2, 0.25) is 0 Å². The Hall–Kier alpha value is -1.07. The molecule has 0 aromatic heterocycles. The Kier molecular flexibility index (Phi) is 4.24. The van der Waals surface area contributed by atoms with Crippen molar-refractivity contribution in [1.82, 2.24) is 0 Å². The number of nitrogens with two attached hydrogens (primary N) is 1. The molecule has 0 aliphatic heterocycles. The van der Waals surface area contributed by atoms with Gasteiger partial charge >= 0.3 is 0 Å². The average molecular weight is 313 g/mol. The van der Waals surface area contributed by atoms with Crippen molar-refractivity contribution in [2.45, 2.75) is 37.8 Å². The van der Waals surface area contributed by atoms with Gasteiger partial charge in [-0.05, 0) is 43.9 Å². The van der Waals surface area contributed by atoms with Gasteiger partial charge in [0.15, 0.2) is 0 Å². The average Bonchev–Trinajstić information content (AvgIpc) is 2.32. The Labute approximate surface area is 115 Å². The second-order valence-corrected chi connectivity index (χ2v) is 5.62. The van der Waals surface area contributed by atoms with Gasteiger partial charge in [-0.25, -0.2) is 0 Å². The highest BCUT2D eigenvalue weighted by Crippen LogP contribution is 2.26. The van der Waals surface area contributed by atoms with E-state index in [1.165, 1.54) is 0 Å². The lowest BCUT2D eigenvalue weighted by Crippen LogP contribution is -2.29. The minimum atomic E-state index is -0.430. The van der Waals surface area contributed by atoms with Crippen LogP contribution in [-0.4, -0.2) is 23.2 Å². The Morgan fingerprint density at radius 1 is 1.33 bits per heavy atom. The summed E-state index contributed by atoms with van der Waals surface area (Å²) in [6, 6.07) is 5.67. The number of nitrogens with one attached hydrogen (secondary N) is 1.